The zero-order valence-corrected chi connectivity index (χ0v) is 16.1. The van der Waals surface area contributed by atoms with Crippen LogP contribution in [0.15, 0.2) is 84.9 Å². The average Bonchev–Trinajstić information content (AvgIpc) is 2.71. The number of aryl methyl sites for hydroxylation is 1. The van der Waals surface area contributed by atoms with Crippen molar-refractivity contribution in [3.63, 3.8) is 0 Å². The molecule has 28 heavy (non-hydrogen) atoms. The predicted octanol–water partition coefficient (Wildman–Crippen LogP) is 4.27. The molecule has 0 saturated carbocycles. The van der Waals surface area contributed by atoms with Crippen LogP contribution in [-0.4, -0.2) is 17.9 Å². The van der Waals surface area contributed by atoms with Crippen LogP contribution in [0.1, 0.15) is 29.5 Å². The van der Waals surface area contributed by atoms with E-state index in [2.05, 4.69) is 10.6 Å². The van der Waals surface area contributed by atoms with E-state index in [1.165, 1.54) is 0 Å². The summed E-state index contributed by atoms with van der Waals surface area (Å²) in [6.07, 6.45) is 0. The molecule has 0 aliphatic carbocycles. The summed E-state index contributed by atoms with van der Waals surface area (Å²) in [5.41, 5.74) is 3.60. The van der Waals surface area contributed by atoms with Crippen molar-refractivity contribution in [3.8, 4) is 0 Å². The molecule has 0 aromatic heterocycles. The van der Waals surface area contributed by atoms with E-state index >= 15 is 0 Å². The van der Waals surface area contributed by atoms with Crippen molar-refractivity contribution < 1.29 is 9.59 Å². The Hall–Kier alpha value is -3.40. The topological polar surface area (TPSA) is 58.2 Å². The van der Waals surface area contributed by atoms with E-state index in [0.717, 1.165) is 16.7 Å². The molecule has 3 rings (SSSR count). The highest BCUT2D eigenvalue weighted by Crippen LogP contribution is 2.25. The molecule has 3 aromatic carbocycles. The Morgan fingerprint density at radius 2 is 1.21 bits per heavy atom. The minimum Gasteiger partial charge on any atom is -0.344 e. The van der Waals surface area contributed by atoms with Gasteiger partial charge in [0.25, 0.3) is 0 Å². The molecule has 2 N–H and O–H groups in total. The van der Waals surface area contributed by atoms with Crippen LogP contribution in [0.25, 0.3) is 0 Å². The number of rotatable bonds is 6. The van der Waals surface area contributed by atoms with E-state index in [4.69, 9.17) is 0 Å². The molecular formula is C24H24N2O2. The molecule has 1 atom stereocenters. The van der Waals surface area contributed by atoms with E-state index in [9.17, 15) is 9.59 Å². The van der Waals surface area contributed by atoms with Gasteiger partial charge in [0.1, 0.15) is 6.04 Å². The smallest absolute Gasteiger partial charge is 0.246 e. The minimum absolute atomic E-state index is 0.205. The molecule has 4 heteroatoms. The maximum atomic E-state index is 13.1. The third-order valence-electron chi connectivity index (χ3n) is 4.60. The number of nitrogens with one attached hydrogen (secondary N) is 2. The fourth-order valence-electron chi connectivity index (χ4n) is 3.04. The van der Waals surface area contributed by atoms with Gasteiger partial charge in [-0.05, 0) is 37.1 Å². The van der Waals surface area contributed by atoms with Crippen LogP contribution >= 0.6 is 0 Å². The van der Waals surface area contributed by atoms with Crippen LogP contribution in [0.5, 0.6) is 0 Å². The number of hydrogen-bond donors (Lipinski definition) is 2. The molecule has 2 amide bonds. The number of anilines is 1. The van der Waals surface area contributed by atoms with Gasteiger partial charge in [-0.3, -0.25) is 9.59 Å². The van der Waals surface area contributed by atoms with E-state index in [-0.39, 0.29) is 11.8 Å². The highest BCUT2D eigenvalue weighted by Gasteiger charge is 2.25. The SMILES string of the molecule is Cc1ccc(NC(=O)[C@H](C)NC(=O)C(c2ccccc2)c2ccccc2)cc1. The molecule has 142 valence electrons. The quantitative estimate of drug-likeness (QED) is 0.679. The fourth-order valence-corrected chi connectivity index (χ4v) is 3.04. The number of benzene rings is 3. The van der Waals surface area contributed by atoms with Gasteiger partial charge in [-0.2, -0.15) is 0 Å². The summed E-state index contributed by atoms with van der Waals surface area (Å²) in [6.45, 7) is 3.68. The van der Waals surface area contributed by atoms with Crippen LogP contribution < -0.4 is 10.6 Å². The van der Waals surface area contributed by atoms with Crippen molar-refractivity contribution in [2.45, 2.75) is 25.8 Å². The van der Waals surface area contributed by atoms with Crippen molar-refractivity contribution in [2.75, 3.05) is 5.32 Å². The number of carbonyl (C=O) groups is 2. The Kier molecular flexibility index (Phi) is 6.22. The molecule has 0 spiro atoms. The summed E-state index contributed by atoms with van der Waals surface area (Å²) in [4.78, 5) is 25.6. The van der Waals surface area contributed by atoms with Crippen LogP contribution in [0.4, 0.5) is 5.69 Å². The lowest BCUT2D eigenvalue weighted by atomic mass is 9.90. The van der Waals surface area contributed by atoms with Gasteiger partial charge in [0.05, 0.1) is 5.92 Å². The lowest BCUT2D eigenvalue weighted by Crippen LogP contribution is -2.43. The van der Waals surface area contributed by atoms with Gasteiger partial charge in [0, 0.05) is 5.69 Å². The second-order valence-corrected chi connectivity index (χ2v) is 6.84. The van der Waals surface area contributed by atoms with Gasteiger partial charge < -0.3 is 10.6 Å². The summed E-state index contributed by atoms with van der Waals surface area (Å²) in [6, 6.07) is 26.1. The van der Waals surface area contributed by atoms with Gasteiger partial charge in [0.2, 0.25) is 11.8 Å². The summed E-state index contributed by atoms with van der Waals surface area (Å²) < 4.78 is 0. The Morgan fingerprint density at radius 3 is 1.71 bits per heavy atom. The summed E-state index contributed by atoms with van der Waals surface area (Å²) >= 11 is 0. The van der Waals surface area contributed by atoms with Crippen molar-refractivity contribution in [1.29, 1.82) is 0 Å². The van der Waals surface area contributed by atoms with Gasteiger partial charge in [0.15, 0.2) is 0 Å². The van der Waals surface area contributed by atoms with E-state index in [1.807, 2.05) is 91.9 Å². The third-order valence-corrected chi connectivity index (χ3v) is 4.60. The zero-order chi connectivity index (χ0) is 19.9. The lowest BCUT2D eigenvalue weighted by Gasteiger charge is -2.21. The van der Waals surface area contributed by atoms with Crippen LogP contribution in [0.2, 0.25) is 0 Å². The Balaban J connectivity index is 1.74. The Morgan fingerprint density at radius 1 is 0.714 bits per heavy atom. The first-order valence-electron chi connectivity index (χ1n) is 9.32. The molecule has 4 nitrogen and oxygen atoms in total. The van der Waals surface area contributed by atoms with Crippen molar-refractivity contribution in [2.24, 2.45) is 0 Å². The molecule has 3 aromatic rings. The zero-order valence-electron chi connectivity index (χ0n) is 16.1. The molecule has 0 fully saturated rings. The van der Waals surface area contributed by atoms with Crippen LogP contribution in [0.3, 0.4) is 0 Å². The average molecular weight is 372 g/mol. The summed E-state index contributed by atoms with van der Waals surface area (Å²) in [7, 11) is 0. The number of amides is 2. The predicted molar refractivity (Wildman–Crippen MR) is 112 cm³/mol. The van der Waals surface area contributed by atoms with Gasteiger partial charge in [-0.15, -0.1) is 0 Å². The summed E-state index contributed by atoms with van der Waals surface area (Å²) in [5.74, 6) is -0.932. The molecule has 0 unspecified atom stereocenters. The van der Waals surface area contributed by atoms with Crippen molar-refractivity contribution in [1.82, 2.24) is 5.32 Å². The van der Waals surface area contributed by atoms with Crippen LogP contribution in [0, 0.1) is 6.92 Å². The first-order valence-corrected chi connectivity index (χ1v) is 9.32. The molecule has 0 aliphatic rings. The largest absolute Gasteiger partial charge is 0.344 e. The first kappa shape index (κ1) is 19.4. The molecule has 0 heterocycles. The monoisotopic (exact) mass is 372 g/mol. The normalized spacial score (nSPS) is 11.7. The number of carbonyl (C=O) groups excluding carboxylic acids is 2. The maximum Gasteiger partial charge on any atom is 0.246 e. The maximum absolute atomic E-state index is 13.1. The fraction of sp³-hybridized carbons (Fsp3) is 0.167. The van der Waals surface area contributed by atoms with Crippen molar-refractivity contribution in [3.05, 3.63) is 102 Å². The Labute approximate surface area is 165 Å². The highest BCUT2D eigenvalue weighted by atomic mass is 16.2. The molecule has 0 radical (unpaired) electrons. The van der Waals surface area contributed by atoms with Crippen LogP contribution in [-0.2, 0) is 9.59 Å². The minimum atomic E-state index is -0.663. The summed E-state index contributed by atoms with van der Waals surface area (Å²) in [5, 5.41) is 5.70. The third kappa shape index (κ3) is 4.86. The first-order chi connectivity index (χ1) is 13.5. The molecular weight excluding hydrogens is 348 g/mol. The molecule has 0 saturated heterocycles. The van der Waals surface area contributed by atoms with Gasteiger partial charge >= 0.3 is 0 Å². The number of hydrogen-bond acceptors (Lipinski definition) is 2. The molecule has 0 aliphatic heterocycles. The van der Waals surface area contributed by atoms with E-state index in [0.29, 0.717) is 5.69 Å². The standard InChI is InChI=1S/C24H24N2O2/c1-17-13-15-21(16-14-17)26-23(27)18(2)25-24(28)22(19-9-5-3-6-10-19)20-11-7-4-8-12-20/h3-16,18,22H,1-2H3,(H,25,28)(H,26,27)/t18-/m0/s1. The Bertz CT molecular complexity index is 882. The van der Waals surface area contributed by atoms with Gasteiger partial charge in [-0.1, -0.05) is 78.4 Å². The highest BCUT2D eigenvalue weighted by molar-refractivity contribution is 5.98. The van der Waals surface area contributed by atoms with Gasteiger partial charge in [-0.25, -0.2) is 0 Å². The second kappa shape index (κ2) is 9.00. The van der Waals surface area contributed by atoms with E-state index in [1.54, 1.807) is 6.92 Å². The second-order valence-electron chi connectivity index (χ2n) is 6.84. The van der Waals surface area contributed by atoms with Crippen molar-refractivity contribution >= 4 is 17.5 Å². The molecule has 0 bridgehead atoms. The lowest BCUT2D eigenvalue weighted by molar-refractivity contribution is -0.126. The van der Waals surface area contributed by atoms with E-state index < -0.39 is 12.0 Å².